The molecule has 0 bridgehead atoms. The highest BCUT2D eigenvalue weighted by Crippen LogP contribution is 2.18. The third-order valence-corrected chi connectivity index (χ3v) is 3.26. The van der Waals surface area contributed by atoms with Gasteiger partial charge in [-0.25, -0.2) is 4.79 Å². The number of hydrogen-bond acceptors (Lipinski definition) is 3. The Morgan fingerprint density at radius 3 is 2.65 bits per heavy atom. The first-order valence-electron chi connectivity index (χ1n) is 6.02. The van der Waals surface area contributed by atoms with E-state index < -0.39 is 5.76 Å². The summed E-state index contributed by atoms with van der Waals surface area (Å²) in [5.41, 5.74) is 1.49. The summed E-state index contributed by atoms with van der Waals surface area (Å²) >= 11 is 5.91. The van der Waals surface area contributed by atoms with Gasteiger partial charge in [0, 0.05) is 10.6 Å². The molecule has 2 aromatic carbocycles. The SMILES string of the molecule is O=C(Cn1c(=O)oc2ccc(Cl)cc21)c1ccccc1. The van der Waals surface area contributed by atoms with E-state index in [0.717, 1.165) is 0 Å². The second-order valence-corrected chi connectivity index (χ2v) is 4.79. The largest absolute Gasteiger partial charge is 0.420 e. The van der Waals surface area contributed by atoms with Gasteiger partial charge in [0.2, 0.25) is 0 Å². The maximum Gasteiger partial charge on any atom is 0.420 e. The minimum absolute atomic E-state index is 0.0732. The lowest BCUT2D eigenvalue weighted by molar-refractivity contribution is 0.0970. The number of carbonyl (C=O) groups excluding carboxylic acids is 1. The summed E-state index contributed by atoms with van der Waals surface area (Å²) in [4.78, 5) is 24.0. The van der Waals surface area contributed by atoms with Crippen LogP contribution in [0.5, 0.6) is 0 Å². The first-order chi connectivity index (χ1) is 9.65. The molecule has 0 unspecified atom stereocenters. The molecule has 0 amide bonds. The molecule has 0 fully saturated rings. The van der Waals surface area contributed by atoms with E-state index in [2.05, 4.69) is 0 Å². The monoisotopic (exact) mass is 287 g/mol. The van der Waals surface area contributed by atoms with Crippen LogP contribution in [0.25, 0.3) is 11.1 Å². The number of halogens is 1. The standard InChI is InChI=1S/C15H10ClNO3/c16-11-6-7-14-12(8-11)17(15(19)20-14)9-13(18)10-4-2-1-3-5-10/h1-8H,9H2. The van der Waals surface area contributed by atoms with E-state index in [-0.39, 0.29) is 12.3 Å². The smallest absolute Gasteiger partial charge is 0.408 e. The van der Waals surface area contributed by atoms with Crippen molar-refractivity contribution in [3.05, 3.63) is 69.7 Å². The Labute approximate surface area is 119 Å². The molecule has 0 N–H and O–H groups in total. The highest BCUT2D eigenvalue weighted by atomic mass is 35.5. The summed E-state index contributed by atoms with van der Waals surface area (Å²) < 4.78 is 6.38. The van der Waals surface area contributed by atoms with Crippen LogP contribution in [0.3, 0.4) is 0 Å². The zero-order valence-electron chi connectivity index (χ0n) is 10.4. The van der Waals surface area contributed by atoms with Crippen LogP contribution in [-0.4, -0.2) is 10.4 Å². The quantitative estimate of drug-likeness (QED) is 0.695. The van der Waals surface area contributed by atoms with Crippen molar-refractivity contribution in [2.45, 2.75) is 6.54 Å². The molecule has 5 heteroatoms. The first kappa shape index (κ1) is 12.7. The Bertz CT molecular complexity index is 833. The number of aromatic nitrogens is 1. The van der Waals surface area contributed by atoms with Crippen molar-refractivity contribution in [2.75, 3.05) is 0 Å². The molecule has 100 valence electrons. The van der Waals surface area contributed by atoms with Crippen molar-refractivity contribution in [1.29, 1.82) is 0 Å². The number of rotatable bonds is 3. The molecule has 0 spiro atoms. The van der Waals surface area contributed by atoms with Gasteiger partial charge in [0.25, 0.3) is 0 Å². The van der Waals surface area contributed by atoms with E-state index in [4.69, 9.17) is 16.0 Å². The van der Waals surface area contributed by atoms with Gasteiger partial charge < -0.3 is 4.42 Å². The van der Waals surface area contributed by atoms with E-state index in [1.807, 2.05) is 6.07 Å². The molecule has 20 heavy (non-hydrogen) atoms. The van der Waals surface area contributed by atoms with Gasteiger partial charge in [0.15, 0.2) is 11.4 Å². The second-order valence-electron chi connectivity index (χ2n) is 4.36. The number of Topliss-reactive ketones (excluding diaryl/α,β-unsaturated/α-hetero) is 1. The van der Waals surface area contributed by atoms with E-state index in [9.17, 15) is 9.59 Å². The molecule has 1 heterocycles. The fourth-order valence-corrected chi connectivity index (χ4v) is 2.21. The van der Waals surface area contributed by atoms with Gasteiger partial charge in [0.05, 0.1) is 12.1 Å². The van der Waals surface area contributed by atoms with Gasteiger partial charge in [-0.3, -0.25) is 9.36 Å². The third-order valence-electron chi connectivity index (χ3n) is 3.03. The average molecular weight is 288 g/mol. The van der Waals surface area contributed by atoms with Crippen LogP contribution in [0.1, 0.15) is 10.4 Å². The molecule has 0 saturated carbocycles. The van der Waals surface area contributed by atoms with E-state index >= 15 is 0 Å². The van der Waals surface area contributed by atoms with Crippen molar-refractivity contribution < 1.29 is 9.21 Å². The molecular weight excluding hydrogens is 278 g/mol. The van der Waals surface area contributed by atoms with Gasteiger partial charge in [-0.2, -0.15) is 0 Å². The number of oxazole rings is 1. The van der Waals surface area contributed by atoms with E-state index in [1.165, 1.54) is 4.57 Å². The highest BCUT2D eigenvalue weighted by molar-refractivity contribution is 6.31. The summed E-state index contributed by atoms with van der Waals surface area (Å²) in [5.74, 6) is -0.720. The van der Waals surface area contributed by atoms with Crippen molar-refractivity contribution in [2.24, 2.45) is 0 Å². The van der Waals surface area contributed by atoms with Crippen molar-refractivity contribution in [3.63, 3.8) is 0 Å². The van der Waals surface area contributed by atoms with Crippen molar-refractivity contribution in [3.8, 4) is 0 Å². The normalized spacial score (nSPS) is 10.8. The minimum Gasteiger partial charge on any atom is -0.408 e. The Hall–Kier alpha value is -2.33. The number of ketones is 1. The van der Waals surface area contributed by atoms with E-state index in [0.29, 0.717) is 21.7 Å². The molecule has 0 aliphatic heterocycles. The van der Waals surface area contributed by atoms with Gasteiger partial charge in [0.1, 0.15) is 0 Å². The molecular formula is C15H10ClNO3. The molecule has 0 atom stereocenters. The second kappa shape index (κ2) is 4.98. The summed E-state index contributed by atoms with van der Waals surface area (Å²) in [5, 5.41) is 0.485. The number of carbonyl (C=O) groups is 1. The Morgan fingerprint density at radius 2 is 1.90 bits per heavy atom. The van der Waals surface area contributed by atoms with Gasteiger partial charge in [-0.15, -0.1) is 0 Å². The van der Waals surface area contributed by atoms with Crippen LogP contribution < -0.4 is 5.76 Å². The average Bonchev–Trinajstić information content (AvgIpc) is 2.76. The van der Waals surface area contributed by atoms with Gasteiger partial charge in [-0.1, -0.05) is 41.9 Å². The predicted molar refractivity (Wildman–Crippen MR) is 76.3 cm³/mol. The van der Waals surface area contributed by atoms with Crippen LogP contribution in [0.15, 0.2) is 57.7 Å². The summed E-state index contributed by atoms with van der Waals surface area (Å²) in [6, 6.07) is 13.7. The Morgan fingerprint density at radius 1 is 1.15 bits per heavy atom. The number of nitrogens with zero attached hydrogens (tertiary/aromatic N) is 1. The molecule has 1 aromatic heterocycles. The molecule has 3 aromatic rings. The number of fused-ring (bicyclic) bond motifs is 1. The summed E-state index contributed by atoms with van der Waals surface area (Å²) in [6.45, 7) is -0.0732. The maximum atomic E-state index is 12.2. The molecule has 0 radical (unpaired) electrons. The predicted octanol–water partition coefficient (Wildman–Crippen LogP) is 3.13. The lowest BCUT2D eigenvalue weighted by Gasteiger charge is -2.02. The fourth-order valence-electron chi connectivity index (χ4n) is 2.04. The number of hydrogen-bond donors (Lipinski definition) is 0. The Kier molecular flexibility index (Phi) is 3.16. The zero-order chi connectivity index (χ0) is 14.1. The topological polar surface area (TPSA) is 52.2 Å². The molecule has 0 saturated heterocycles. The van der Waals surface area contributed by atoms with Gasteiger partial charge >= 0.3 is 5.76 Å². The van der Waals surface area contributed by atoms with E-state index in [1.54, 1.807) is 42.5 Å². The number of benzene rings is 2. The maximum absolute atomic E-state index is 12.2. The molecule has 0 aliphatic carbocycles. The zero-order valence-corrected chi connectivity index (χ0v) is 11.1. The molecule has 3 rings (SSSR count). The van der Waals surface area contributed by atoms with Crippen LogP contribution in [-0.2, 0) is 6.54 Å². The lowest BCUT2D eigenvalue weighted by Crippen LogP contribution is -2.20. The first-order valence-corrected chi connectivity index (χ1v) is 6.40. The van der Waals surface area contributed by atoms with Crippen molar-refractivity contribution in [1.82, 2.24) is 4.57 Å². The van der Waals surface area contributed by atoms with Crippen LogP contribution in [0.4, 0.5) is 0 Å². The van der Waals surface area contributed by atoms with Crippen molar-refractivity contribution >= 4 is 28.5 Å². The summed E-state index contributed by atoms with van der Waals surface area (Å²) in [7, 11) is 0. The minimum atomic E-state index is -0.563. The third kappa shape index (κ3) is 2.26. The van der Waals surface area contributed by atoms with Crippen LogP contribution in [0.2, 0.25) is 5.02 Å². The molecule has 0 aliphatic rings. The Balaban J connectivity index is 2.03. The molecule has 4 nitrogen and oxygen atoms in total. The van der Waals surface area contributed by atoms with Crippen LogP contribution >= 0.6 is 11.6 Å². The fraction of sp³-hybridized carbons (Fsp3) is 0.0667. The highest BCUT2D eigenvalue weighted by Gasteiger charge is 2.14. The van der Waals surface area contributed by atoms with Crippen LogP contribution in [0, 0.1) is 0 Å². The summed E-state index contributed by atoms with van der Waals surface area (Å²) in [6.07, 6.45) is 0. The lowest BCUT2D eigenvalue weighted by atomic mass is 10.1. The van der Waals surface area contributed by atoms with Gasteiger partial charge in [-0.05, 0) is 18.2 Å².